The van der Waals surface area contributed by atoms with Gasteiger partial charge < -0.3 is 0 Å². The highest BCUT2D eigenvalue weighted by Crippen LogP contribution is 2.28. The molecule has 1 aromatic carbocycles. The summed E-state index contributed by atoms with van der Waals surface area (Å²) in [6, 6.07) is 5.99. The molecule has 2 aromatic rings. The molecule has 1 unspecified atom stereocenters. The quantitative estimate of drug-likeness (QED) is 0.384. The van der Waals surface area contributed by atoms with Crippen LogP contribution >= 0.6 is 50.1 Å². The molecule has 0 aliphatic heterocycles. The van der Waals surface area contributed by atoms with Crippen molar-refractivity contribution in [2.24, 2.45) is 5.84 Å². The molecule has 0 aliphatic rings. The number of nitrogens with one attached hydrogen (secondary N) is 1. The first-order valence-corrected chi connectivity index (χ1v) is 8.85. The lowest BCUT2D eigenvalue weighted by Gasteiger charge is -2.18. The van der Waals surface area contributed by atoms with Crippen LogP contribution in [0, 0.1) is 10.5 Å². The van der Waals surface area contributed by atoms with Crippen LogP contribution in [0.1, 0.15) is 29.9 Å². The second-order valence-corrected chi connectivity index (χ2v) is 7.12. The van der Waals surface area contributed by atoms with E-state index in [1.807, 2.05) is 29.8 Å². The van der Waals surface area contributed by atoms with Crippen molar-refractivity contribution in [3.05, 3.63) is 48.2 Å². The van der Waals surface area contributed by atoms with Gasteiger partial charge in [0.2, 0.25) is 0 Å². The van der Waals surface area contributed by atoms with Gasteiger partial charge in [0.25, 0.3) is 0 Å². The van der Waals surface area contributed by atoms with E-state index in [1.165, 1.54) is 0 Å². The lowest BCUT2D eigenvalue weighted by Crippen LogP contribution is -2.30. The Bertz CT molecular complexity index is 644. The molecule has 0 saturated heterocycles. The minimum Gasteiger partial charge on any atom is -0.271 e. The second kappa shape index (κ2) is 7.41. The SMILES string of the molecule is CCn1nc(C)c(Br)c1CC(NN)c1ccc(I)c(Cl)c1. The molecule has 1 aromatic heterocycles. The summed E-state index contributed by atoms with van der Waals surface area (Å²) in [5.41, 5.74) is 6.07. The highest BCUT2D eigenvalue weighted by molar-refractivity contribution is 14.1. The molecule has 114 valence electrons. The van der Waals surface area contributed by atoms with Crippen molar-refractivity contribution in [2.45, 2.75) is 32.9 Å². The molecule has 0 amide bonds. The summed E-state index contributed by atoms with van der Waals surface area (Å²) >= 11 is 12.0. The maximum absolute atomic E-state index is 6.21. The molecule has 1 atom stereocenters. The van der Waals surface area contributed by atoms with Crippen molar-refractivity contribution in [3.8, 4) is 0 Å². The van der Waals surface area contributed by atoms with Crippen LogP contribution < -0.4 is 11.3 Å². The Hall–Kier alpha value is -0.150. The normalized spacial score (nSPS) is 12.7. The molecule has 0 aliphatic carbocycles. The van der Waals surface area contributed by atoms with Crippen LogP contribution in [0.2, 0.25) is 5.02 Å². The number of hydrogen-bond acceptors (Lipinski definition) is 3. The van der Waals surface area contributed by atoms with E-state index in [4.69, 9.17) is 17.4 Å². The zero-order valence-corrected chi connectivity index (χ0v) is 16.3. The molecule has 7 heteroatoms. The number of aryl methyl sites for hydroxylation is 2. The zero-order valence-electron chi connectivity index (χ0n) is 11.8. The lowest BCUT2D eigenvalue weighted by atomic mass is 10.0. The van der Waals surface area contributed by atoms with Gasteiger partial charge in [-0.25, -0.2) is 0 Å². The number of benzene rings is 1. The summed E-state index contributed by atoms with van der Waals surface area (Å²) in [4.78, 5) is 0. The van der Waals surface area contributed by atoms with Crippen molar-refractivity contribution in [1.29, 1.82) is 0 Å². The third kappa shape index (κ3) is 3.79. The van der Waals surface area contributed by atoms with Crippen LogP contribution in [0.5, 0.6) is 0 Å². The van der Waals surface area contributed by atoms with E-state index in [-0.39, 0.29) is 6.04 Å². The van der Waals surface area contributed by atoms with E-state index in [9.17, 15) is 0 Å². The van der Waals surface area contributed by atoms with Gasteiger partial charge in [0, 0.05) is 16.5 Å². The number of nitrogens with zero attached hydrogens (tertiary/aromatic N) is 2. The Morgan fingerprint density at radius 2 is 2.24 bits per heavy atom. The molecule has 0 fully saturated rings. The first-order valence-electron chi connectivity index (χ1n) is 6.60. The molecular formula is C14H17BrClIN4. The number of nitrogens with two attached hydrogens (primary N) is 1. The first-order chi connectivity index (χ1) is 9.97. The zero-order chi connectivity index (χ0) is 15.6. The van der Waals surface area contributed by atoms with Gasteiger partial charge in [0.15, 0.2) is 0 Å². The number of halogens is 3. The van der Waals surface area contributed by atoms with Gasteiger partial charge in [-0.1, -0.05) is 17.7 Å². The minimum atomic E-state index is -0.0165. The molecule has 3 N–H and O–H groups in total. The largest absolute Gasteiger partial charge is 0.271 e. The van der Waals surface area contributed by atoms with E-state index in [1.54, 1.807) is 0 Å². The average molecular weight is 484 g/mol. The Morgan fingerprint density at radius 1 is 1.52 bits per heavy atom. The van der Waals surface area contributed by atoms with Crippen molar-refractivity contribution in [2.75, 3.05) is 0 Å². The molecule has 0 radical (unpaired) electrons. The topological polar surface area (TPSA) is 55.9 Å². The van der Waals surface area contributed by atoms with Gasteiger partial charge in [-0.05, 0) is 70.1 Å². The summed E-state index contributed by atoms with van der Waals surface area (Å²) < 4.78 is 4.07. The van der Waals surface area contributed by atoms with Gasteiger partial charge in [0.1, 0.15) is 0 Å². The van der Waals surface area contributed by atoms with E-state index in [0.717, 1.165) is 43.0 Å². The highest BCUT2D eigenvalue weighted by atomic mass is 127. The molecule has 4 nitrogen and oxygen atoms in total. The minimum absolute atomic E-state index is 0.0165. The van der Waals surface area contributed by atoms with Gasteiger partial charge in [0.05, 0.1) is 26.9 Å². The Labute approximate surface area is 151 Å². The summed E-state index contributed by atoms with van der Waals surface area (Å²) in [7, 11) is 0. The molecule has 2 rings (SSSR count). The van der Waals surface area contributed by atoms with Crippen molar-refractivity contribution < 1.29 is 0 Å². The van der Waals surface area contributed by atoms with Crippen molar-refractivity contribution in [3.63, 3.8) is 0 Å². The third-order valence-corrected chi connectivity index (χ3v) is 6.00. The van der Waals surface area contributed by atoms with Crippen LogP contribution in [0.15, 0.2) is 22.7 Å². The van der Waals surface area contributed by atoms with Crippen LogP contribution in [-0.2, 0) is 13.0 Å². The Balaban J connectivity index is 2.33. The molecule has 0 saturated carbocycles. The van der Waals surface area contributed by atoms with Gasteiger partial charge in [-0.15, -0.1) is 0 Å². The van der Waals surface area contributed by atoms with Gasteiger partial charge in [-0.3, -0.25) is 16.0 Å². The second-order valence-electron chi connectivity index (χ2n) is 4.76. The fourth-order valence-corrected chi connectivity index (χ4v) is 3.23. The van der Waals surface area contributed by atoms with E-state index >= 15 is 0 Å². The maximum atomic E-state index is 6.21. The molecule has 21 heavy (non-hydrogen) atoms. The van der Waals surface area contributed by atoms with Crippen LogP contribution in [-0.4, -0.2) is 9.78 Å². The van der Waals surface area contributed by atoms with Gasteiger partial charge >= 0.3 is 0 Å². The van der Waals surface area contributed by atoms with E-state index in [0.29, 0.717) is 0 Å². The predicted molar refractivity (Wildman–Crippen MR) is 98.3 cm³/mol. The molecule has 0 bridgehead atoms. The monoisotopic (exact) mass is 482 g/mol. The first kappa shape index (κ1) is 17.2. The maximum Gasteiger partial charge on any atom is 0.0738 e. The number of rotatable bonds is 5. The predicted octanol–water partition coefficient (Wildman–Crippen LogP) is 3.98. The lowest BCUT2D eigenvalue weighted by molar-refractivity contribution is 0.516. The summed E-state index contributed by atoms with van der Waals surface area (Å²) in [6.45, 7) is 4.90. The van der Waals surface area contributed by atoms with Crippen molar-refractivity contribution in [1.82, 2.24) is 15.2 Å². The smallest absolute Gasteiger partial charge is 0.0738 e. The number of aromatic nitrogens is 2. The summed E-state index contributed by atoms with van der Waals surface area (Å²) in [6.07, 6.45) is 0.739. The summed E-state index contributed by atoms with van der Waals surface area (Å²) in [5, 5.41) is 5.26. The van der Waals surface area contributed by atoms with E-state index < -0.39 is 0 Å². The van der Waals surface area contributed by atoms with Crippen LogP contribution in [0.25, 0.3) is 0 Å². The number of hydrazine groups is 1. The average Bonchev–Trinajstić information content (AvgIpc) is 2.75. The summed E-state index contributed by atoms with van der Waals surface area (Å²) in [5.74, 6) is 5.75. The van der Waals surface area contributed by atoms with Crippen LogP contribution in [0.4, 0.5) is 0 Å². The fourth-order valence-electron chi connectivity index (χ4n) is 2.26. The van der Waals surface area contributed by atoms with E-state index in [2.05, 4.69) is 56.0 Å². The Kier molecular flexibility index (Phi) is 6.07. The molecule has 1 heterocycles. The highest BCUT2D eigenvalue weighted by Gasteiger charge is 2.18. The molecule has 0 spiro atoms. The van der Waals surface area contributed by atoms with Crippen molar-refractivity contribution >= 4 is 50.1 Å². The fraction of sp³-hybridized carbons (Fsp3) is 0.357. The third-order valence-electron chi connectivity index (χ3n) is 3.40. The van der Waals surface area contributed by atoms with Gasteiger partial charge in [-0.2, -0.15) is 5.10 Å². The standard InChI is InChI=1S/C14H17BrClIN4/c1-3-21-13(14(15)8(2)20-21)7-12(19-18)9-4-5-11(17)10(16)6-9/h4-6,12,19H,3,7,18H2,1-2H3. The Morgan fingerprint density at radius 3 is 2.81 bits per heavy atom. The molecular weight excluding hydrogens is 466 g/mol. The number of hydrogen-bond donors (Lipinski definition) is 2. The van der Waals surface area contributed by atoms with Crippen LogP contribution in [0.3, 0.4) is 0 Å².